The standard InChI is InChI=1S/C12H10O3S/c13-12(14)10-6-7-11(15-10)16-8-9-4-2-1-3-5-9/h1-7H,8H2,(H,13,14). The van der Waals surface area contributed by atoms with Gasteiger partial charge in [-0.05, 0) is 17.7 Å². The second-order valence-corrected chi connectivity index (χ2v) is 4.18. The summed E-state index contributed by atoms with van der Waals surface area (Å²) in [5, 5.41) is 9.31. The van der Waals surface area contributed by atoms with Crippen LogP contribution in [-0.4, -0.2) is 11.1 Å². The van der Waals surface area contributed by atoms with Crippen molar-refractivity contribution < 1.29 is 14.3 Å². The predicted molar refractivity (Wildman–Crippen MR) is 61.7 cm³/mol. The highest BCUT2D eigenvalue weighted by Gasteiger charge is 2.08. The number of aromatic carboxylic acids is 1. The van der Waals surface area contributed by atoms with Crippen LogP contribution in [0.25, 0.3) is 0 Å². The summed E-state index contributed by atoms with van der Waals surface area (Å²) in [7, 11) is 0. The van der Waals surface area contributed by atoms with Crippen molar-refractivity contribution in [2.75, 3.05) is 0 Å². The molecule has 2 aromatic rings. The lowest BCUT2D eigenvalue weighted by atomic mass is 10.2. The molecular weight excluding hydrogens is 224 g/mol. The Morgan fingerprint density at radius 3 is 2.56 bits per heavy atom. The van der Waals surface area contributed by atoms with E-state index in [0.717, 1.165) is 5.75 Å². The smallest absolute Gasteiger partial charge is 0.371 e. The lowest BCUT2D eigenvalue weighted by Gasteiger charge is -1.97. The molecule has 0 fully saturated rings. The van der Waals surface area contributed by atoms with Crippen LogP contribution in [0.5, 0.6) is 0 Å². The highest BCUT2D eigenvalue weighted by atomic mass is 32.2. The number of carbonyl (C=O) groups is 1. The van der Waals surface area contributed by atoms with Crippen molar-refractivity contribution in [3.05, 3.63) is 53.8 Å². The molecule has 82 valence electrons. The maximum Gasteiger partial charge on any atom is 0.371 e. The summed E-state index contributed by atoms with van der Waals surface area (Å²) < 4.78 is 5.13. The van der Waals surface area contributed by atoms with Crippen LogP contribution < -0.4 is 0 Å². The zero-order valence-electron chi connectivity index (χ0n) is 8.42. The van der Waals surface area contributed by atoms with E-state index in [0.29, 0.717) is 5.09 Å². The van der Waals surface area contributed by atoms with Gasteiger partial charge < -0.3 is 9.52 Å². The fraction of sp³-hybridized carbons (Fsp3) is 0.0833. The molecule has 3 nitrogen and oxygen atoms in total. The van der Waals surface area contributed by atoms with Gasteiger partial charge in [0.1, 0.15) is 0 Å². The number of carboxylic acid groups (broad SMARTS) is 1. The zero-order valence-corrected chi connectivity index (χ0v) is 9.24. The summed E-state index contributed by atoms with van der Waals surface area (Å²) in [6.45, 7) is 0. The molecule has 0 bridgehead atoms. The quantitative estimate of drug-likeness (QED) is 0.825. The second kappa shape index (κ2) is 4.90. The summed E-state index contributed by atoms with van der Waals surface area (Å²) in [5.41, 5.74) is 1.18. The van der Waals surface area contributed by atoms with Crippen molar-refractivity contribution >= 4 is 17.7 Å². The molecule has 0 unspecified atom stereocenters. The van der Waals surface area contributed by atoms with Gasteiger partial charge in [0.25, 0.3) is 0 Å². The number of benzene rings is 1. The molecule has 0 radical (unpaired) electrons. The Balaban J connectivity index is 1.97. The Bertz CT molecular complexity index is 476. The molecule has 4 heteroatoms. The first kappa shape index (κ1) is 10.8. The van der Waals surface area contributed by atoms with Crippen molar-refractivity contribution in [1.29, 1.82) is 0 Å². The third-order valence-corrected chi connectivity index (χ3v) is 3.00. The molecule has 0 aliphatic heterocycles. The van der Waals surface area contributed by atoms with E-state index < -0.39 is 5.97 Å². The van der Waals surface area contributed by atoms with E-state index in [9.17, 15) is 4.79 Å². The van der Waals surface area contributed by atoms with Gasteiger partial charge in [0.05, 0.1) is 0 Å². The Hall–Kier alpha value is -1.68. The number of thioether (sulfide) groups is 1. The average Bonchev–Trinajstić information content (AvgIpc) is 2.76. The molecule has 0 amide bonds. The second-order valence-electron chi connectivity index (χ2n) is 3.20. The van der Waals surface area contributed by atoms with Crippen molar-refractivity contribution in [3.63, 3.8) is 0 Å². The normalized spacial score (nSPS) is 10.2. The van der Waals surface area contributed by atoms with Crippen LogP contribution in [0.15, 0.2) is 52.0 Å². The number of hydrogen-bond acceptors (Lipinski definition) is 3. The third-order valence-electron chi connectivity index (χ3n) is 2.02. The zero-order chi connectivity index (χ0) is 11.4. The van der Waals surface area contributed by atoms with Crippen LogP contribution in [0, 0.1) is 0 Å². The van der Waals surface area contributed by atoms with E-state index >= 15 is 0 Å². The molecule has 0 aliphatic carbocycles. The van der Waals surface area contributed by atoms with Gasteiger partial charge in [0.2, 0.25) is 5.76 Å². The maximum atomic E-state index is 10.6. The summed E-state index contributed by atoms with van der Waals surface area (Å²) in [4.78, 5) is 10.6. The van der Waals surface area contributed by atoms with Crippen LogP contribution in [0.3, 0.4) is 0 Å². The minimum absolute atomic E-state index is 0.0180. The largest absolute Gasteiger partial charge is 0.475 e. The van der Waals surface area contributed by atoms with E-state index in [-0.39, 0.29) is 5.76 Å². The molecule has 0 aliphatic rings. The molecule has 0 saturated carbocycles. The molecule has 16 heavy (non-hydrogen) atoms. The molecule has 1 heterocycles. The molecule has 1 aromatic heterocycles. The van der Waals surface area contributed by atoms with Crippen LogP contribution in [0.4, 0.5) is 0 Å². The summed E-state index contributed by atoms with van der Waals surface area (Å²) in [6.07, 6.45) is 0. The fourth-order valence-corrected chi connectivity index (χ4v) is 2.06. The van der Waals surface area contributed by atoms with Crippen LogP contribution in [-0.2, 0) is 5.75 Å². The van der Waals surface area contributed by atoms with E-state index in [1.54, 1.807) is 6.07 Å². The Morgan fingerprint density at radius 2 is 1.94 bits per heavy atom. The van der Waals surface area contributed by atoms with Crippen LogP contribution in [0.1, 0.15) is 16.1 Å². The van der Waals surface area contributed by atoms with Gasteiger partial charge in [-0.25, -0.2) is 4.79 Å². The number of hydrogen-bond donors (Lipinski definition) is 1. The Kier molecular flexibility index (Phi) is 3.31. The van der Waals surface area contributed by atoms with E-state index in [2.05, 4.69) is 0 Å². The van der Waals surface area contributed by atoms with Crippen molar-refractivity contribution in [2.45, 2.75) is 10.8 Å². The van der Waals surface area contributed by atoms with Crippen LogP contribution in [0.2, 0.25) is 0 Å². The SMILES string of the molecule is O=C(O)c1ccc(SCc2ccccc2)o1. The van der Waals surface area contributed by atoms with E-state index in [4.69, 9.17) is 9.52 Å². The molecular formula is C12H10O3S. The predicted octanol–water partition coefficient (Wildman–Crippen LogP) is 3.27. The first-order chi connectivity index (χ1) is 7.75. The first-order valence-electron chi connectivity index (χ1n) is 4.75. The highest BCUT2D eigenvalue weighted by Crippen LogP contribution is 2.24. The minimum atomic E-state index is -1.04. The van der Waals surface area contributed by atoms with Crippen molar-refractivity contribution in [1.82, 2.24) is 0 Å². The van der Waals surface area contributed by atoms with Crippen LogP contribution >= 0.6 is 11.8 Å². The highest BCUT2D eigenvalue weighted by molar-refractivity contribution is 7.98. The lowest BCUT2D eigenvalue weighted by molar-refractivity contribution is 0.0656. The van der Waals surface area contributed by atoms with Gasteiger partial charge in [-0.1, -0.05) is 42.1 Å². The lowest BCUT2D eigenvalue weighted by Crippen LogP contribution is -1.91. The van der Waals surface area contributed by atoms with Crippen molar-refractivity contribution in [2.24, 2.45) is 0 Å². The third kappa shape index (κ3) is 2.67. The molecule has 2 rings (SSSR count). The molecule has 0 saturated heterocycles. The van der Waals surface area contributed by atoms with Gasteiger partial charge in [-0.2, -0.15) is 0 Å². The van der Waals surface area contributed by atoms with Gasteiger partial charge >= 0.3 is 5.97 Å². The van der Waals surface area contributed by atoms with E-state index in [1.165, 1.54) is 23.4 Å². The minimum Gasteiger partial charge on any atom is -0.475 e. The van der Waals surface area contributed by atoms with Gasteiger partial charge in [-0.15, -0.1) is 0 Å². The molecule has 0 atom stereocenters. The fourth-order valence-electron chi connectivity index (χ4n) is 1.24. The number of furan rings is 1. The maximum absolute atomic E-state index is 10.6. The summed E-state index contributed by atoms with van der Waals surface area (Å²) >= 11 is 1.48. The number of rotatable bonds is 4. The molecule has 1 N–H and O–H groups in total. The molecule has 1 aromatic carbocycles. The monoisotopic (exact) mass is 234 g/mol. The first-order valence-corrected chi connectivity index (χ1v) is 5.74. The number of carboxylic acids is 1. The average molecular weight is 234 g/mol. The molecule has 0 spiro atoms. The van der Waals surface area contributed by atoms with Crippen molar-refractivity contribution in [3.8, 4) is 0 Å². The van der Waals surface area contributed by atoms with Gasteiger partial charge in [0, 0.05) is 5.75 Å². The summed E-state index contributed by atoms with van der Waals surface area (Å²) in [5.74, 6) is -0.282. The Morgan fingerprint density at radius 1 is 1.19 bits per heavy atom. The van der Waals surface area contributed by atoms with Gasteiger partial charge in [0.15, 0.2) is 5.09 Å². The topological polar surface area (TPSA) is 50.4 Å². The summed E-state index contributed by atoms with van der Waals surface area (Å²) in [6, 6.07) is 13.1. The Labute approximate surface area is 97.1 Å². The van der Waals surface area contributed by atoms with E-state index in [1.807, 2.05) is 30.3 Å². The van der Waals surface area contributed by atoms with Gasteiger partial charge in [-0.3, -0.25) is 0 Å².